The lowest BCUT2D eigenvalue weighted by molar-refractivity contribution is 0.0963. The number of nitrogens with two attached hydrogens (primary N) is 1. The number of aliphatic hydroxyl groups excluding tert-OH is 1. The first-order chi connectivity index (χ1) is 11.6. The normalized spacial score (nSPS) is 11.0. The molecule has 0 atom stereocenters. The summed E-state index contributed by atoms with van der Waals surface area (Å²) in [5.41, 5.74) is 7.63. The van der Waals surface area contributed by atoms with Gasteiger partial charge in [-0.2, -0.15) is 0 Å². The molecule has 0 spiro atoms. The molecule has 2 rings (SSSR count). The molecular weight excluding hydrogens is 308 g/mol. The fourth-order valence-electron chi connectivity index (χ4n) is 1.94. The van der Waals surface area contributed by atoms with Crippen LogP contribution in [0.15, 0.2) is 48.6 Å². The number of hydrogen-bond donors (Lipinski definition) is 5. The summed E-state index contributed by atoms with van der Waals surface area (Å²) in [6.07, 6.45) is 5.26. The van der Waals surface area contributed by atoms with Crippen molar-refractivity contribution in [2.75, 3.05) is 5.73 Å². The van der Waals surface area contributed by atoms with Crippen molar-refractivity contribution in [2.45, 2.75) is 13.2 Å². The van der Waals surface area contributed by atoms with Crippen molar-refractivity contribution in [2.24, 2.45) is 0 Å². The molecule has 0 saturated heterocycles. The first-order valence-electron chi connectivity index (χ1n) is 7.14. The Bertz CT molecular complexity index is 760. The standard InChI is InChI=1S/C16H18N6O2/c17-7-13(22-16(24)14-15(18)21-5-4-20-14)9-19-8-11-2-1-3-12(6-11)10-23/h1-7,9,17,19,23H,8,10H2,(H2,18,21)(H,22,24)/b13-9+,17-7?. The molecule has 1 aromatic heterocycles. The van der Waals surface area contributed by atoms with Crippen LogP contribution in [-0.2, 0) is 13.2 Å². The maximum absolute atomic E-state index is 12.1. The van der Waals surface area contributed by atoms with E-state index in [4.69, 9.17) is 16.2 Å². The van der Waals surface area contributed by atoms with Gasteiger partial charge in [0.25, 0.3) is 5.91 Å². The lowest BCUT2D eigenvalue weighted by Gasteiger charge is -2.08. The zero-order valence-corrected chi connectivity index (χ0v) is 12.9. The molecule has 0 radical (unpaired) electrons. The average molecular weight is 326 g/mol. The highest BCUT2D eigenvalue weighted by Crippen LogP contribution is 2.05. The predicted molar refractivity (Wildman–Crippen MR) is 90.0 cm³/mol. The highest BCUT2D eigenvalue weighted by Gasteiger charge is 2.12. The maximum atomic E-state index is 12.1. The largest absolute Gasteiger partial charge is 0.392 e. The Morgan fingerprint density at radius 1 is 1.29 bits per heavy atom. The Balaban J connectivity index is 1.98. The molecular formula is C16H18N6O2. The van der Waals surface area contributed by atoms with Crippen LogP contribution in [-0.4, -0.2) is 27.2 Å². The van der Waals surface area contributed by atoms with Crippen molar-refractivity contribution in [3.63, 3.8) is 0 Å². The highest BCUT2D eigenvalue weighted by molar-refractivity contribution is 5.99. The van der Waals surface area contributed by atoms with Gasteiger partial charge < -0.3 is 26.9 Å². The molecule has 0 aliphatic carbocycles. The summed E-state index contributed by atoms with van der Waals surface area (Å²) in [5, 5.41) is 22.0. The Kier molecular flexibility index (Phi) is 5.98. The number of nitrogens with one attached hydrogen (secondary N) is 3. The van der Waals surface area contributed by atoms with Gasteiger partial charge in [0.1, 0.15) is 0 Å². The number of aromatic nitrogens is 2. The minimum Gasteiger partial charge on any atom is -0.392 e. The number of carbonyl (C=O) groups is 1. The first kappa shape index (κ1) is 17.1. The lowest BCUT2D eigenvalue weighted by atomic mass is 10.1. The molecule has 1 heterocycles. The summed E-state index contributed by atoms with van der Waals surface area (Å²) in [4.78, 5) is 19.7. The first-order valence-corrected chi connectivity index (χ1v) is 7.14. The molecule has 0 aliphatic rings. The molecule has 0 unspecified atom stereocenters. The third-order valence-corrected chi connectivity index (χ3v) is 3.09. The van der Waals surface area contributed by atoms with Gasteiger partial charge in [0.05, 0.1) is 12.3 Å². The molecule has 8 heteroatoms. The summed E-state index contributed by atoms with van der Waals surface area (Å²) >= 11 is 0. The van der Waals surface area contributed by atoms with Crippen LogP contribution in [0.4, 0.5) is 5.82 Å². The van der Waals surface area contributed by atoms with Crippen LogP contribution in [0.1, 0.15) is 21.6 Å². The third kappa shape index (κ3) is 4.62. The number of anilines is 1. The number of amides is 1. The minimum absolute atomic E-state index is 0.000831. The van der Waals surface area contributed by atoms with Gasteiger partial charge in [0.15, 0.2) is 11.5 Å². The lowest BCUT2D eigenvalue weighted by Crippen LogP contribution is -2.27. The Labute approximate surface area is 139 Å². The number of carbonyl (C=O) groups excluding carboxylic acids is 1. The van der Waals surface area contributed by atoms with Crippen molar-refractivity contribution in [3.8, 4) is 0 Å². The summed E-state index contributed by atoms with van der Waals surface area (Å²) < 4.78 is 0. The van der Waals surface area contributed by atoms with Crippen molar-refractivity contribution in [1.82, 2.24) is 20.6 Å². The number of aliphatic hydroxyl groups is 1. The predicted octanol–water partition coefficient (Wildman–Crippen LogP) is 0.562. The van der Waals surface area contributed by atoms with E-state index in [1.54, 1.807) is 0 Å². The SMILES string of the molecule is N=C/C(=C\NCc1cccc(CO)c1)NC(=O)c1nccnc1N. The van der Waals surface area contributed by atoms with E-state index in [1.807, 2.05) is 24.3 Å². The fourth-order valence-corrected chi connectivity index (χ4v) is 1.94. The Morgan fingerprint density at radius 2 is 2.04 bits per heavy atom. The third-order valence-electron chi connectivity index (χ3n) is 3.09. The molecule has 1 aromatic carbocycles. The zero-order chi connectivity index (χ0) is 17.4. The molecule has 0 fully saturated rings. The second-order valence-electron chi connectivity index (χ2n) is 4.85. The van der Waals surface area contributed by atoms with Crippen LogP contribution >= 0.6 is 0 Å². The summed E-state index contributed by atoms with van der Waals surface area (Å²) in [7, 11) is 0. The molecule has 0 aliphatic heterocycles. The summed E-state index contributed by atoms with van der Waals surface area (Å²) in [6, 6.07) is 7.45. The molecule has 0 saturated carbocycles. The summed E-state index contributed by atoms with van der Waals surface area (Å²) in [5.74, 6) is -0.521. The number of benzene rings is 1. The molecule has 24 heavy (non-hydrogen) atoms. The molecule has 8 nitrogen and oxygen atoms in total. The van der Waals surface area contributed by atoms with Crippen LogP contribution in [0, 0.1) is 5.41 Å². The monoisotopic (exact) mass is 326 g/mol. The van der Waals surface area contributed by atoms with Crippen LogP contribution in [0.5, 0.6) is 0 Å². The van der Waals surface area contributed by atoms with Crippen molar-refractivity contribution in [1.29, 1.82) is 5.41 Å². The number of rotatable bonds is 7. The molecule has 0 bridgehead atoms. The maximum Gasteiger partial charge on any atom is 0.278 e. The second kappa shape index (κ2) is 8.39. The van der Waals surface area contributed by atoms with E-state index in [0.29, 0.717) is 6.54 Å². The topological polar surface area (TPSA) is 137 Å². The van der Waals surface area contributed by atoms with E-state index in [0.717, 1.165) is 17.3 Å². The highest BCUT2D eigenvalue weighted by atomic mass is 16.3. The van der Waals surface area contributed by atoms with E-state index < -0.39 is 5.91 Å². The van der Waals surface area contributed by atoms with Crippen molar-refractivity contribution < 1.29 is 9.90 Å². The van der Waals surface area contributed by atoms with Gasteiger partial charge in [-0.3, -0.25) is 4.79 Å². The molecule has 124 valence electrons. The van der Waals surface area contributed by atoms with Crippen LogP contribution in [0.2, 0.25) is 0 Å². The van der Waals surface area contributed by atoms with Gasteiger partial charge in [0, 0.05) is 31.4 Å². The molecule has 1 amide bonds. The average Bonchev–Trinajstić information content (AvgIpc) is 2.61. The summed E-state index contributed by atoms with van der Waals surface area (Å²) in [6.45, 7) is 0.458. The van der Waals surface area contributed by atoms with Crippen molar-refractivity contribution in [3.05, 3.63) is 65.4 Å². The fraction of sp³-hybridized carbons (Fsp3) is 0.125. The van der Waals surface area contributed by atoms with Crippen LogP contribution in [0.3, 0.4) is 0 Å². The number of nitrogens with zero attached hydrogens (tertiary/aromatic N) is 2. The van der Waals surface area contributed by atoms with E-state index in [9.17, 15) is 4.79 Å². The minimum atomic E-state index is -0.542. The smallest absolute Gasteiger partial charge is 0.278 e. The number of nitrogen functional groups attached to an aromatic ring is 1. The Hall–Kier alpha value is -3.26. The van der Waals surface area contributed by atoms with Gasteiger partial charge in [-0.25, -0.2) is 9.97 Å². The van der Waals surface area contributed by atoms with Crippen LogP contribution < -0.4 is 16.4 Å². The van der Waals surface area contributed by atoms with Gasteiger partial charge in [-0.15, -0.1) is 0 Å². The van der Waals surface area contributed by atoms with E-state index in [2.05, 4.69) is 20.6 Å². The van der Waals surface area contributed by atoms with Gasteiger partial charge in [-0.1, -0.05) is 24.3 Å². The van der Waals surface area contributed by atoms with Gasteiger partial charge >= 0.3 is 0 Å². The van der Waals surface area contributed by atoms with Crippen molar-refractivity contribution >= 4 is 17.9 Å². The van der Waals surface area contributed by atoms with Gasteiger partial charge in [0.2, 0.25) is 0 Å². The zero-order valence-electron chi connectivity index (χ0n) is 12.9. The molecule has 2 aromatic rings. The van der Waals surface area contributed by atoms with E-state index in [1.165, 1.54) is 18.6 Å². The number of hydrogen-bond acceptors (Lipinski definition) is 7. The van der Waals surface area contributed by atoms with Crippen LogP contribution in [0.25, 0.3) is 0 Å². The number of allylic oxidation sites excluding steroid dienone is 1. The molecule has 6 N–H and O–H groups in total. The van der Waals surface area contributed by atoms with E-state index in [-0.39, 0.29) is 23.8 Å². The quantitative estimate of drug-likeness (QED) is 0.472. The van der Waals surface area contributed by atoms with Gasteiger partial charge in [-0.05, 0) is 11.1 Å². The second-order valence-corrected chi connectivity index (χ2v) is 4.85. The van der Waals surface area contributed by atoms with E-state index >= 15 is 0 Å². The Morgan fingerprint density at radius 3 is 2.75 bits per heavy atom.